The molecule has 1 aliphatic rings. The van der Waals surface area contributed by atoms with Gasteiger partial charge in [-0.1, -0.05) is 24.6 Å². The van der Waals surface area contributed by atoms with Crippen molar-refractivity contribution in [3.63, 3.8) is 0 Å². The van der Waals surface area contributed by atoms with Gasteiger partial charge in [0.05, 0.1) is 6.10 Å². The van der Waals surface area contributed by atoms with Crippen LogP contribution in [0.3, 0.4) is 0 Å². The molecule has 0 radical (unpaired) electrons. The second-order valence-electron chi connectivity index (χ2n) is 3.57. The molecule has 1 aliphatic heterocycles. The number of rotatable bonds is 2. The van der Waals surface area contributed by atoms with Gasteiger partial charge >= 0.3 is 0 Å². The van der Waals surface area contributed by atoms with Crippen LogP contribution in [0.25, 0.3) is 0 Å². The predicted octanol–water partition coefficient (Wildman–Crippen LogP) is 1.44. The average molecular weight is 190 g/mol. The van der Waals surface area contributed by atoms with E-state index in [9.17, 15) is 5.11 Å². The lowest BCUT2D eigenvalue weighted by molar-refractivity contribution is 0.0508. The minimum atomic E-state index is -0.155. The first kappa shape index (κ1) is 10.0. The van der Waals surface area contributed by atoms with E-state index in [1.807, 2.05) is 6.08 Å². The number of piperidine rings is 1. The van der Waals surface area contributed by atoms with Crippen LogP contribution in [0.4, 0.5) is 0 Å². The molecular weight excluding hydrogens is 174 g/mol. The Morgan fingerprint density at radius 2 is 2.33 bits per heavy atom. The Labute approximate surface area is 78.8 Å². The second-order valence-corrected chi connectivity index (χ2v) is 3.83. The van der Waals surface area contributed by atoms with Gasteiger partial charge in [-0.15, -0.1) is 0 Å². The molecule has 0 spiro atoms. The van der Waals surface area contributed by atoms with Crippen LogP contribution in [0, 0.1) is 5.92 Å². The molecule has 2 unspecified atom stereocenters. The zero-order valence-electron chi connectivity index (χ0n) is 7.41. The molecule has 1 rings (SSSR count). The van der Waals surface area contributed by atoms with Crippen LogP contribution in [-0.2, 0) is 0 Å². The molecule has 70 valence electrons. The van der Waals surface area contributed by atoms with Crippen molar-refractivity contribution in [2.45, 2.75) is 19.4 Å². The highest BCUT2D eigenvalue weighted by molar-refractivity contribution is 6.25. The quantitative estimate of drug-likeness (QED) is 0.711. The number of β-amino-alcohol motifs (C(OH)–C–C–N with tert-alkyl or cyclic N) is 1. The van der Waals surface area contributed by atoms with Gasteiger partial charge in [-0.2, -0.15) is 0 Å². The molecule has 1 heterocycles. The van der Waals surface area contributed by atoms with Crippen molar-refractivity contribution in [1.29, 1.82) is 0 Å². The first-order valence-corrected chi connectivity index (χ1v) is 4.81. The number of nitrogens with zero attached hydrogens (tertiary/aromatic N) is 1. The summed E-state index contributed by atoms with van der Waals surface area (Å²) >= 11 is 5.42. The molecule has 0 saturated carbocycles. The molecule has 0 aromatic carbocycles. The summed E-state index contributed by atoms with van der Waals surface area (Å²) in [5.41, 5.74) is 1.53. The van der Waals surface area contributed by atoms with Gasteiger partial charge in [0, 0.05) is 25.2 Å². The van der Waals surface area contributed by atoms with Gasteiger partial charge in [0.1, 0.15) is 0 Å². The lowest BCUT2D eigenvalue weighted by Gasteiger charge is -2.33. The number of hydrogen-bond acceptors (Lipinski definition) is 2. The molecule has 12 heavy (non-hydrogen) atoms. The van der Waals surface area contributed by atoms with E-state index in [-0.39, 0.29) is 6.10 Å². The van der Waals surface area contributed by atoms with Crippen LogP contribution in [-0.4, -0.2) is 35.7 Å². The third-order valence-corrected chi connectivity index (χ3v) is 2.34. The molecule has 0 aromatic rings. The van der Waals surface area contributed by atoms with Crippen molar-refractivity contribution in [3.05, 3.63) is 11.6 Å². The largest absolute Gasteiger partial charge is 0.392 e. The number of likely N-dealkylation sites (tertiary alicyclic amines) is 1. The zero-order valence-corrected chi connectivity index (χ0v) is 8.17. The highest BCUT2D eigenvalue weighted by Gasteiger charge is 2.21. The van der Waals surface area contributed by atoms with E-state index < -0.39 is 0 Å². The van der Waals surface area contributed by atoms with Gasteiger partial charge in [0.15, 0.2) is 0 Å². The highest BCUT2D eigenvalue weighted by Crippen LogP contribution is 2.15. The van der Waals surface area contributed by atoms with Crippen molar-refractivity contribution in [3.8, 4) is 0 Å². The average Bonchev–Trinajstić information content (AvgIpc) is 1.99. The van der Waals surface area contributed by atoms with Crippen LogP contribution in [0.15, 0.2) is 11.6 Å². The van der Waals surface area contributed by atoms with Gasteiger partial charge in [-0.3, -0.25) is 4.90 Å². The lowest BCUT2D eigenvalue weighted by atomic mass is 9.98. The third-order valence-electron chi connectivity index (χ3n) is 2.17. The molecule has 3 heteroatoms. The summed E-state index contributed by atoms with van der Waals surface area (Å²) in [5.74, 6) is 0.595. The summed E-state index contributed by atoms with van der Waals surface area (Å²) in [7, 11) is 0. The van der Waals surface area contributed by atoms with Crippen molar-refractivity contribution in [1.82, 2.24) is 4.90 Å². The van der Waals surface area contributed by atoms with Gasteiger partial charge in [-0.05, 0) is 12.3 Å². The Balaban J connectivity index is 2.33. The zero-order chi connectivity index (χ0) is 8.97. The van der Waals surface area contributed by atoms with Gasteiger partial charge in [0.25, 0.3) is 0 Å². The van der Waals surface area contributed by atoms with Crippen molar-refractivity contribution in [2.24, 2.45) is 5.92 Å². The monoisotopic (exact) mass is 189 g/mol. The molecule has 1 saturated heterocycles. The topological polar surface area (TPSA) is 23.5 Å². The van der Waals surface area contributed by atoms with E-state index in [2.05, 4.69) is 11.8 Å². The van der Waals surface area contributed by atoms with Gasteiger partial charge in [0.2, 0.25) is 0 Å². The fourth-order valence-corrected chi connectivity index (χ4v) is 1.84. The summed E-state index contributed by atoms with van der Waals surface area (Å²) < 4.78 is 0. The van der Waals surface area contributed by atoms with E-state index in [1.165, 1.54) is 5.54 Å². The number of aliphatic hydroxyl groups is 1. The molecule has 2 nitrogen and oxygen atoms in total. The number of aliphatic hydroxyl groups excluding tert-OH is 1. The number of hydrogen-bond donors (Lipinski definition) is 1. The summed E-state index contributed by atoms with van der Waals surface area (Å²) in [5, 5.41) is 9.45. The normalized spacial score (nSPS) is 32.9. The summed E-state index contributed by atoms with van der Waals surface area (Å²) in [6.45, 7) is 4.87. The van der Waals surface area contributed by atoms with Gasteiger partial charge < -0.3 is 5.11 Å². The summed E-state index contributed by atoms with van der Waals surface area (Å²) in [6.07, 6.45) is 2.69. The van der Waals surface area contributed by atoms with Crippen LogP contribution in [0.5, 0.6) is 0 Å². The third kappa shape index (κ3) is 3.13. The maximum absolute atomic E-state index is 9.45. The first-order valence-electron chi connectivity index (χ1n) is 4.38. The maximum atomic E-state index is 9.45. The Kier molecular flexibility index (Phi) is 4.06. The van der Waals surface area contributed by atoms with E-state index in [0.29, 0.717) is 5.92 Å². The van der Waals surface area contributed by atoms with E-state index in [1.54, 1.807) is 0 Å². The molecule has 1 fully saturated rings. The van der Waals surface area contributed by atoms with E-state index >= 15 is 0 Å². The molecule has 0 bridgehead atoms. The van der Waals surface area contributed by atoms with Crippen LogP contribution in [0.2, 0.25) is 0 Å². The summed E-state index contributed by atoms with van der Waals surface area (Å²) in [4.78, 5) is 2.22. The minimum absolute atomic E-state index is 0.155. The predicted molar refractivity (Wildman–Crippen MR) is 51.2 cm³/mol. The minimum Gasteiger partial charge on any atom is -0.392 e. The Hall–Kier alpha value is -0.0500. The van der Waals surface area contributed by atoms with Gasteiger partial charge in [-0.25, -0.2) is 0 Å². The number of halogens is 1. The van der Waals surface area contributed by atoms with Crippen molar-refractivity contribution < 1.29 is 5.11 Å². The van der Waals surface area contributed by atoms with Crippen LogP contribution >= 0.6 is 11.6 Å². The first-order chi connectivity index (χ1) is 5.72. The fourth-order valence-electron chi connectivity index (χ4n) is 1.76. The molecule has 2 atom stereocenters. The molecule has 0 aliphatic carbocycles. The van der Waals surface area contributed by atoms with Crippen molar-refractivity contribution in [2.75, 3.05) is 19.6 Å². The standard InChI is InChI=1S/C9H16ClNO/c1-8-5-9(12)7-11(6-8)4-2-3-10/h2-3,8-9,12H,4-7H2,1H3/b3-2+. The summed E-state index contributed by atoms with van der Waals surface area (Å²) in [6, 6.07) is 0. The highest BCUT2D eigenvalue weighted by atomic mass is 35.5. The Bertz CT molecular complexity index is 151. The molecule has 0 aromatic heterocycles. The van der Waals surface area contributed by atoms with Crippen molar-refractivity contribution >= 4 is 11.6 Å². The maximum Gasteiger partial charge on any atom is 0.0670 e. The smallest absolute Gasteiger partial charge is 0.0670 e. The van der Waals surface area contributed by atoms with Crippen LogP contribution < -0.4 is 0 Å². The molecular formula is C9H16ClNO. The Morgan fingerprint density at radius 3 is 2.92 bits per heavy atom. The fraction of sp³-hybridized carbons (Fsp3) is 0.778. The Morgan fingerprint density at radius 1 is 1.58 bits per heavy atom. The molecule has 0 amide bonds. The second kappa shape index (κ2) is 4.85. The van der Waals surface area contributed by atoms with E-state index in [0.717, 1.165) is 26.1 Å². The lowest BCUT2D eigenvalue weighted by Crippen LogP contribution is -2.42. The molecule has 1 N–H and O–H groups in total. The van der Waals surface area contributed by atoms with E-state index in [4.69, 9.17) is 11.6 Å². The SMILES string of the molecule is CC1CC(O)CN(C/C=C/Cl)C1. The van der Waals surface area contributed by atoms with Crippen LogP contribution in [0.1, 0.15) is 13.3 Å².